The molecule has 23 heavy (non-hydrogen) atoms. The fourth-order valence-electron chi connectivity index (χ4n) is 1.91. The maximum Gasteiger partial charge on any atom is 0.191 e. The average molecular weight is 448 g/mol. The van der Waals surface area contributed by atoms with Crippen LogP contribution in [0.3, 0.4) is 0 Å². The van der Waals surface area contributed by atoms with Crippen LogP contribution in [0.25, 0.3) is 0 Å². The van der Waals surface area contributed by atoms with E-state index in [0.717, 1.165) is 23.8 Å². The van der Waals surface area contributed by atoms with Crippen molar-refractivity contribution >= 4 is 41.3 Å². The second-order valence-corrected chi connectivity index (χ2v) is 5.93. The largest absolute Gasteiger partial charge is 0.357 e. The Hall–Kier alpha value is -1.22. The Labute approximate surface area is 157 Å². The number of aryl methyl sites for hydroxylation is 2. The van der Waals surface area contributed by atoms with E-state index in [4.69, 9.17) is 0 Å². The minimum Gasteiger partial charge on any atom is -0.357 e. The quantitative estimate of drug-likeness (QED) is 0.416. The summed E-state index contributed by atoms with van der Waals surface area (Å²) in [5.74, 6) is 0.530. The summed E-state index contributed by atoms with van der Waals surface area (Å²) in [5.41, 5.74) is 4.38. The minimum atomic E-state index is -0.189. The number of aliphatic imine (C=N–C) groups is 1. The van der Waals surface area contributed by atoms with Gasteiger partial charge in [0.1, 0.15) is 5.82 Å². The topological polar surface area (TPSA) is 49.3 Å². The van der Waals surface area contributed by atoms with Crippen molar-refractivity contribution in [2.45, 2.75) is 33.9 Å². The van der Waals surface area contributed by atoms with E-state index in [0.29, 0.717) is 18.7 Å². The Morgan fingerprint density at radius 3 is 2.70 bits per heavy atom. The molecule has 2 rings (SSSR count). The zero-order chi connectivity index (χ0) is 15.9. The van der Waals surface area contributed by atoms with Crippen molar-refractivity contribution in [1.82, 2.24) is 15.6 Å². The van der Waals surface area contributed by atoms with Crippen molar-refractivity contribution in [1.29, 1.82) is 0 Å². The summed E-state index contributed by atoms with van der Waals surface area (Å²) in [7, 11) is 0. The van der Waals surface area contributed by atoms with E-state index >= 15 is 0 Å². The number of aromatic nitrogens is 1. The highest BCUT2D eigenvalue weighted by Crippen LogP contribution is 2.12. The molecule has 0 fully saturated rings. The predicted molar refractivity (Wildman–Crippen MR) is 105 cm³/mol. The highest BCUT2D eigenvalue weighted by atomic mass is 127. The number of thiazole rings is 1. The number of guanidine groups is 1. The molecule has 0 amide bonds. The molecule has 0 saturated heterocycles. The molecule has 0 unspecified atom stereocenters. The minimum absolute atomic E-state index is 0. The van der Waals surface area contributed by atoms with Crippen LogP contribution in [-0.2, 0) is 13.1 Å². The van der Waals surface area contributed by atoms with Crippen LogP contribution in [0.1, 0.15) is 28.6 Å². The van der Waals surface area contributed by atoms with Crippen LogP contribution in [0.4, 0.5) is 4.39 Å². The van der Waals surface area contributed by atoms with Gasteiger partial charge in [0.05, 0.1) is 24.3 Å². The van der Waals surface area contributed by atoms with Crippen molar-refractivity contribution in [3.05, 3.63) is 51.2 Å². The highest BCUT2D eigenvalue weighted by molar-refractivity contribution is 14.0. The summed E-state index contributed by atoms with van der Waals surface area (Å²) >= 11 is 1.62. The number of hydrogen-bond acceptors (Lipinski definition) is 3. The first-order chi connectivity index (χ1) is 10.6. The fraction of sp³-hybridized carbons (Fsp3) is 0.375. The molecule has 2 N–H and O–H groups in total. The molecule has 1 aromatic heterocycles. The lowest BCUT2D eigenvalue weighted by Gasteiger charge is -2.11. The molecular formula is C16H22FIN4S. The average Bonchev–Trinajstić information content (AvgIpc) is 2.91. The van der Waals surface area contributed by atoms with Crippen molar-refractivity contribution in [2.75, 3.05) is 6.54 Å². The van der Waals surface area contributed by atoms with Crippen LogP contribution in [0, 0.1) is 19.7 Å². The Morgan fingerprint density at radius 1 is 1.30 bits per heavy atom. The van der Waals surface area contributed by atoms with Crippen molar-refractivity contribution in [3.8, 4) is 0 Å². The second kappa shape index (κ2) is 9.82. The molecule has 1 aromatic carbocycles. The van der Waals surface area contributed by atoms with Crippen LogP contribution in [0.5, 0.6) is 0 Å². The van der Waals surface area contributed by atoms with Gasteiger partial charge in [-0.1, -0.05) is 12.1 Å². The summed E-state index contributed by atoms with van der Waals surface area (Å²) in [5, 5.41) is 6.47. The van der Waals surface area contributed by atoms with Gasteiger partial charge in [0.2, 0.25) is 0 Å². The number of nitrogens with one attached hydrogen (secondary N) is 2. The van der Waals surface area contributed by atoms with E-state index in [1.807, 2.05) is 25.4 Å². The normalized spacial score (nSPS) is 11.0. The maximum absolute atomic E-state index is 13.5. The van der Waals surface area contributed by atoms with E-state index < -0.39 is 0 Å². The molecule has 0 bridgehead atoms. The molecule has 4 nitrogen and oxygen atoms in total. The first-order valence-electron chi connectivity index (χ1n) is 7.26. The van der Waals surface area contributed by atoms with Gasteiger partial charge in [0, 0.05) is 11.4 Å². The molecule has 7 heteroatoms. The Kier molecular flexibility index (Phi) is 8.46. The molecule has 1 heterocycles. The highest BCUT2D eigenvalue weighted by Gasteiger charge is 2.04. The van der Waals surface area contributed by atoms with Gasteiger partial charge in [-0.25, -0.2) is 14.4 Å². The van der Waals surface area contributed by atoms with Gasteiger partial charge >= 0.3 is 0 Å². The molecule has 0 spiro atoms. The third-order valence-electron chi connectivity index (χ3n) is 3.26. The molecular weight excluding hydrogens is 426 g/mol. The van der Waals surface area contributed by atoms with Crippen molar-refractivity contribution < 1.29 is 4.39 Å². The Balaban J connectivity index is 0.00000264. The van der Waals surface area contributed by atoms with Crippen molar-refractivity contribution in [2.24, 2.45) is 4.99 Å². The molecule has 0 radical (unpaired) electrons. The van der Waals surface area contributed by atoms with Gasteiger partial charge in [0.25, 0.3) is 0 Å². The monoisotopic (exact) mass is 448 g/mol. The Bertz CT molecular complexity index is 657. The number of rotatable bonds is 5. The van der Waals surface area contributed by atoms with E-state index in [9.17, 15) is 4.39 Å². The maximum atomic E-state index is 13.5. The molecule has 0 aliphatic carbocycles. The number of benzene rings is 1. The lowest BCUT2D eigenvalue weighted by Crippen LogP contribution is -2.36. The van der Waals surface area contributed by atoms with E-state index in [1.165, 1.54) is 10.9 Å². The van der Waals surface area contributed by atoms with E-state index in [-0.39, 0.29) is 29.8 Å². The van der Waals surface area contributed by atoms with Gasteiger partial charge in [-0.05, 0) is 38.0 Å². The molecule has 0 aliphatic rings. The predicted octanol–water partition coefficient (Wildman–Crippen LogP) is 3.77. The lowest BCUT2D eigenvalue weighted by molar-refractivity contribution is 0.616. The van der Waals surface area contributed by atoms with Gasteiger partial charge in [-0.3, -0.25) is 0 Å². The van der Waals surface area contributed by atoms with Gasteiger partial charge in [-0.2, -0.15) is 0 Å². The molecule has 2 aromatic rings. The zero-order valence-electron chi connectivity index (χ0n) is 13.5. The van der Waals surface area contributed by atoms with Gasteiger partial charge < -0.3 is 10.6 Å². The summed E-state index contributed by atoms with van der Waals surface area (Å²) in [6, 6.07) is 5.22. The fourth-order valence-corrected chi connectivity index (χ4v) is 2.62. The first-order valence-corrected chi connectivity index (χ1v) is 8.14. The summed E-state index contributed by atoms with van der Waals surface area (Å²) < 4.78 is 13.5. The van der Waals surface area contributed by atoms with E-state index in [2.05, 4.69) is 20.6 Å². The first kappa shape index (κ1) is 19.8. The standard InChI is InChI=1S/C16H21FN4S.HI/c1-4-18-16(20-9-15-12(3)21-10-22-15)19-8-13-6-5-11(2)14(17)7-13;/h5-7,10H,4,8-9H2,1-3H3,(H2,18,19,20);1H. The third-order valence-corrected chi connectivity index (χ3v) is 4.20. The molecule has 0 saturated carbocycles. The van der Waals surface area contributed by atoms with Crippen LogP contribution in [0.15, 0.2) is 28.7 Å². The smallest absolute Gasteiger partial charge is 0.191 e. The van der Waals surface area contributed by atoms with Gasteiger partial charge in [0.15, 0.2) is 5.96 Å². The summed E-state index contributed by atoms with van der Waals surface area (Å²) in [6.45, 7) is 7.66. The number of nitrogens with zero attached hydrogens (tertiary/aromatic N) is 2. The second-order valence-electron chi connectivity index (χ2n) is 4.99. The van der Waals surface area contributed by atoms with Crippen LogP contribution in [0.2, 0.25) is 0 Å². The zero-order valence-corrected chi connectivity index (χ0v) is 16.7. The molecule has 0 aliphatic heterocycles. The van der Waals surface area contributed by atoms with Gasteiger partial charge in [-0.15, -0.1) is 35.3 Å². The van der Waals surface area contributed by atoms with Crippen LogP contribution < -0.4 is 10.6 Å². The van der Waals surface area contributed by atoms with Crippen LogP contribution >= 0.6 is 35.3 Å². The van der Waals surface area contributed by atoms with E-state index in [1.54, 1.807) is 24.3 Å². The number of halogens is 2. The Morgan fingerprint density at radius 2 is 2.09 bits per heavy atom. The SMILES string of the molecule is CCNC(=NCc1ccc(C)c(F)c1)NCc1scnc1C.I. The molecule has 126 valence electrons. The van der Waals surface area contributed by atoms with Crippen molar-refractivity contribution in [3.63, 3.8) is 0 Å². The summed E-state index contributed by atoms with van der Waals surface area (Å²) in [4.78, 5) is 9.91. The summed E-state index contributed by atoms with van der Waals surface area (Å²) in [6.07, 6.45) is 0. The van der Waals surface area contributed by atoms with Crippen LogP contribution in [-0.4, -0.2) is 17.5 Å². The molecule has 0 atom stereocenters. The number of hydrogen-bond donors (Lipinski definition) is 2. The lowest BCUT2D eigenvalue weighted by atomic mass is 10.1. The third kappa shape index (κ3) is 6.06.